The van der Waals surface area contributed by atoms with E-state index in [4.69, 9.17) is 5.73 Å². The molecule has 0 aromatic carbocycles. The van der Waals surface area contributed by atoms with Crippen LogP contribution in [0.15, 0.2) is 0 Å². The van der Waals surface area contributed by atoms with Crippen molar-refractivity contribution in [1.29, 1.82) is 0 Å². The number of nitrogens with two attached hydrogens (primary N) is 1. The summed E-state index contributed by atoms with van der Waals surface area (Å²) in [5.74, 6) is -0.0327. The highest BCUT2D eigenvalue weighted by Crippen LogP contribution is 1.98. The molecule has 0 heterocycles. The minimum absolute atomic E-state index is 0. The van der Waals surface area contributed by atoms with Crippen LogP contribution in [0, 0.1) is 0 Å². The zero-order valence-electron chi connectivity index (χ0n) is 11.9. The lowest BCUT2D eigenvalue weighted by atomic mass is 10.2. The second kappa shape index (κ2) is 10.4. The van der Waals surface area contributed by atoms with Crippen LogP contribution >= 0.6 is 12.4 Å². The molecule has 8 heteroatoms. The number of hydrogen-bond donors (Lipinski definition) is 2. The van der Waals surface area contributed by atoms with Gasteiger partial charge in [0.25, 0.3) is 0 Å². The molecule has 1 atom stereocenters. The molecule has 0 bridgehead atoms. The molecule has 6 nitrogen and oxygen atoms in total. The molecule has 1 unspecified atom stereocenters. The maximum atomic E-state index is 11.4. The first-order valence-electron chi connectivity index (χ1n) is 6.24. The molecule has 0 rings (SSSR count). The summed E-state index contributed by atoms with van der Waals surface area (Å²) in [5, 5.41) is 2.75. The van der Waals surface area contributed by atoms with Gasteiger partial charge in [-0.05, 0) is 19.8 Å². The average molecular weight is 316 g/mol. The summed E-state index contributed by atoms with van der Waals surface area (Å²) in [6, 6.07) is 0.0246. The normalized spacial score (nSPS) is 12.9. The van der Waals surface area contributed by atoms with Crippen molar-refractivity contribution in [1.82, 2.24) is 9.62 Å². The van der Waals surface area contributed by atoms with Crippen LogP contribution in [0.3, 0.4) is 0 Å². The van der Waals surface area contributed by atoms with Gasteiger partial charge in [0.1, 0.15) is 0 Å². The van der Waals surface area contributed by atoms with Gasteiger partial charge >= 0.3 is 0 Å². The fraction of sp³-hybridized carbons (Fsp3) is 0.909. The van der Waals surface area contributed by atoms with E-state index in [9.17, 15) is 13.2 Å². The van der Waals surface area contributed by atoms with E-state index >= 15 is 0 Å². The average Bonchev–Trinajstić information content (AvgIpc) is 2.24. The number of amides is 1. The minimum Gasteiger partial charge on any atom is -0.356 e. The zero-order chi connectivity index (χ0) is 14.2. The number of carbonyl (C=O) groups excluding carboxylic acids is 1. The SMILES string of the molecule is CCN(CCCNC(=O)CCC(C)N)S(C)(=O)=O.Cl. The number of hydrogen-bond acceptors (Lipinski definition) is 4. The fourth-order valence-electron chi connectivity index (χ4n) is 1.49. The van der Waals surface area contributed by atoms with Crippen LogP contribution in [-0.4, -0.2) is 50.6 Å². The first-order valence-corrected chi connectivity index (χ1v) is 8.09. The predicted molar refractivity (Wildman–Crippen MR) is 79.8 cm³/mol. The molecule has 0 aliphatic carbocycles. The molecule has 0 aromatic rings. The molecular formula is C11H26ClN3O3S. The highest BCUT2D eigenvalue weighted by Gasteiger charge is 2.13. The van der Waals surface area contributed by atoms with Crippen LogP contribution in [0.5, 0.6) is 0 Å². The van der Waals surface area contributed by atoms with Crippen molar-refractivity contribution in [2.45, 2.75) is 39.2 Å². The van der Waals surface area contributed by atoms with Gasteiger partial charge < -0.3 is 11.1 Å². The van der Waals surface area contributed by atoms with Gasteiger partial charge in [-0.15, -0.1) is 12.4 Å². The Morgan fingerprint density at radius 1 is 1.42 bits per heavy atom. The number of rotatable bonds is 9. The quantitative estimate of drug-likeness (QED) is 0.599. The van der Waals surface area contributed by atoms with Crippen molar-refractivity contribution >= 4 is 28.3 Å². The Balaban J connectivity index is 0. The van der Waals surface area contributed by atoms with Crippen LogP contribution in [-0.2, 0) is 14.8 Å². The van der Waals surface area contributed by atoms with E-state index in [0.717, 1.165) is 0 Å². The molecule has 0 aromatic heterocycles. The van der Waals surface area contributed by atoms with E-state index < -0.39 is 10.0 Å². The third kappa shape index (κ3) is 11.2. The highest BCUT2D eigenvalue weighted by molar-refractivity contribution is 7.88. The van der Waals surface area contributed by atoms with Gasteiger partial charge in [0.15, 0.2) is 0 Å². The molecule has 0 saturated carbocycles. The van der Waals surface area contributed by atoms with E-state index in [1.54, 1.807) is 6.92 Å². The third-order valence-corrected chi connectivity index (χ3v) is 3.93. The van der Waals surface area contributed by atoms with Gasteiger partial charge in [-0.2, -0.15) is 0 Å². The van der Waals surface area contributed by atoms with Crippen LogP contribution in [0.1, 0.15) is 33.1 Å². The van der Waals surface area contributed by atoms with Crippen molar-refractivity contribution in [3.05, 3.63) is 0 Å². The van der Waals surface area contributed by atoms with Crippen LogP contribution < -0.4 is 11.1 Å². The Morgan fingerprint density at radius 2 is 2.00 bits per heavy atom. The summed E-state index contributed by atoms with van der Waals surface area (Å²) in [7, 11) is -3.13. The van der Waals surface area contributed by atoms with Gasteiger partial charge in [0, 0.05) is 32.1 Å². The monoisotopic (exact) mass is 315 g/mol. The second-order valence-corrected chi connectivity index (χ2v) is 6.46. The Labute approximate surface area is 122 Å². The van der Waals surface area contributed by atoms with Gasteiger partial charge in [-0.25, -0.2) is 12.7 Å². The molecule has 3 N–H and O–H groups in total. The first kappa shape index (κ1) is 20.9. The van der Waals surface area contributed by atoms with Crippen LogP contribution in [0.4, 0.5) is 0 Å². The van der Waals surface area contributed by atoms with Gasteiger partial charge in [-0.1, -0.05) is 6.92 Å². The maximum absolute atomic E-state index is 11.4. The molecule has 116 valence electrons. The fourth-order valence-corrected chi connectivity index (χ4v) is 2.42. The molecule has 19 heavy (non-hydrogen) atoms. The summed E-state index contributed by atoms with van der Waals surface area (Å²) in [4.78, 5) is 11.4. The smallest absolute Gasteiger partial charge is 0.220 e. The molecule has 0 aliphatic rings. The molecule has 1 amide bonds. The van der Waals surface area contributed by atoms with Crippen molar-refractivity contribution in [2.24, 2.45) is 5.73 Å². The van der Waals surface area contributed by atoms with Crippen molar-refractivity contribution in [3.63, 3.8) is 0 Å². The van der Waals surface area contributed by atoms with Gasteiger partial charge in [0.2, 0.25) is 15.9 Å². The van der Waals surface area contributed by atoms with E-state index in [0.29, 0.717) is 38.9 Å². The van der Waals surface area contributed by atoms with E-state index in [2.05, 4.69) is 5.32 Å². The lowest BCUT2D eigenvalue weighted by Crippen LogP contribution is -2.33. The standard InChI is InChI=1S/C11H25N3O3S.ClH/c1-4-14(18(3,16)17)9-5-8-13-11(15)7-6-10(2)12;/h10H,4-9,12H2,1-3H3,(H,13,15);1H. The topological polar surface area (TPSA) is 92.5 Å². The minimum atomic E-state index is -3.13. The summed E-state index contributed by atoms with van der Waals surface area (Å²) < 4.78 is 24.0. The van der Waals surface area contributed by atoms with E-state index in [-0.39, 0.29) is 24.4 Å². The summed E-state index contributed by atoms with van der Waals surface area (Å²) in [6.45, 7) is 5.03. The number of carbonyl (C=O) groups is 1. The number of sulfonamides is 1. The molecule has 0 aliphatic heterocycles. The first-order chi connectivity index (χ1) is 8.27. The molecule has 0 radical (unpaired) electrons. The number of nitrogens with zero attached hydrogens (tertiary/aromatic N) is 1. The summed E-state index contributed by atoms with van der Waals surface area (Å²) >= 11 is 0. The Kier molecular flexibility index (Phi) is 11.5. The highest BCUT2D eigenvalue weighted by atomic mass is 35.5. The van der Waals surface area contributed by atoms with E-state index in [1.165, 1.54) is 10.6 Å². The Hall–Kier alpha value is -0.370. The van der Waals surface area contributed by atoms with Crippen molar-refractivity contribution in [2.75, 3.05) is 25.9 Å². The predicted octanol–water partition coefficient (Wildman–Crippen LogP) is 0.323. The summed E-state index contributed by atoms with van der Waals surface area (Å²) in [5.41, 5.74) is 5.55. The molecule has 0 fully saturated rings. The second-order valence-electron chi connectivity index (χ2n) is 4.47. The molecule has 0 saturated heterocycles. The number of halogens is 1. The lowest BCUT2D eigenvalue weighted by molar-refractivity contribution is -0.121. The Bertz CT molecular complexity index is 347. The van der Waals surface area contributed by atoms with Crippen molar-refractivity contribution < 1.29 is 13.2 Å². The van der Waals surface area contributed by atoms with Crippen LogP contribution in [0.2, 0.25) is 0 Å². The van der Waals surface area contributed by atoms with Gasteiger partial charge in [-0.3, -0.25) is 4.79 Å². The largest absolute Gasteiger partial charge is 0.356 e. The summed E-state index contributed by atoms with van der Waals surface area (Å²) in [6.07, 6.45) is 2.89. The zero-order valence-corrected chi connectivity index (χ0v) is 13.5. The van der Waals surface area contributed by atoms with Crippen LogP contribution in [0.25, 0.3) is 0 Å². The lowest BCUT2D eigenvalue weighted by Gasteiger charge is -2.17. The molecular weight excluding hydrogens is 290 g/mol. The van der Waals surface area contributed by atoms with Gasteiger partial charge in [0.05, 0.1) is 6.26 Å². The maximum Gasteiger partial charge on any atom is 0.220 e. The van der Waals surface area contributed by atoms with Crippen molar-refractivity contribution in [3.8, 4) is 0 Å². The molecule has 0 spiro atoms. The Morgan fingerprint density at radius 3 is 2.42 bits per heavy atom. The third-order valence-electron chi connectivity index (χ3n) is 2.55. The number of nitrogens with one attached hydrogen (secondary N) is 1. The van der Waals surface area contributed by atoms with E-state index in [1.807, 2.05) is 6.92 Å².